The Labute approximate surface area is 109 Å². The predicted octanol–water partition coefficient (Wildman–Crippen LogP) is 1.62. The average molecular weight is 270 g/mol. The summed E-state index contributed by atoms with van der Waals surface area (Å²) in [6.07, 6.45) is 0.341. The van der Waals surface area contributed by atoms with E-state index in [-0.39, 0.29) is 12.2 Å². The highest BCUT2D eigenvalue weighted by molar-refractivity contribution is 5.94. The van der Waals surface area contributed by atoms with Gasteiger partial charge in [0, 0.05) is 23.8 Å². The van der Waals surface area contributed by atoms with Crippen molar-refractivity contribution in [2.75, 3.05) is 6.61 Å². The number of aliphatic hydroxyl groups is 1. The predicted molar refractivity (Wildman–Crippen MR) is 66.3 cm³/mol. The van der Waals surface area contributed by atoms with Crippen LogP contribution in [0.5, 0.6) is 0 Å². The maximum absolute atomic E-state index is 13.4. The van der Waals surface area contributed by atoms with Crippen LogP contribution in [0.1, 0.15) is 30.6 Å². The molecule has 0 aliphatic rings. The van der Waals surface area contributed by atoms with Gasteiger partial charge in [0.05, 0.1) is 4.92 Å². The maximum Gasteiger partial charge on any atom is 0.304 e. The molecule has 0 radical (unpaired) electrons. The molecule has 19 heavy (non-hydrogen) atoms. The molecule has 0 aliphatic heterocycles. The van der Waals surface area contributed by atoms with Crippen LogP contribution in [0.4, 0.5) is 10.1 Å². The smallest absolute Gasteiger partial charge is 0.304 e. The number of halogens is 1. The van der Waals surface area contributed by atoms with Crippen molar-refractivity contribution in [1.82, 2.24) is 5.32 Å². The summed E-state index contributed by atoms with van der Waals surface area (Å²) in [5, 5.41) is 21.9. The van der Waals surface area contributed by atoms with Crippen LogP contribution in [0.25, 0.3) is 0 Å². The molecule has 7 heteroatoms. The molecule has 0 atom stereocenters. The second-order valence-electron chi connectivity index (χ2n) is 4.73. The molecule has 1 aromatic carbocycles. The van der Waals surface area contributed by atoms with Crippen LogP contribution in [0.2, 0.25) is 0 Å². The van der Waals surface area contributed by atoms with E-state index in [9.17, 15) is 19.3 Å². The first kappa shape index (κ1) is 15.0. The molecule has 0 aliphatic carbocycles. The summed E-state index contributed by atoms with van der Waals surface area (Å²) in [6.45, 7) is 3.33. The second-order valence-corrected chi connectivity index (χ2v) is 4.73. The van der Waals surface area contributed by atoms with E-state index in [1.54, 1.807) is 13.8 Å². The molecule has 0 saturated heterocycles. The molecule has 1 aromatic rings. The molecule has 104 valence electrons. The van der Waals surface area contributed by atoms with Crippen LogP contribution in [-0.4, -0.2) is 28.1 Å². The lowest BCUT2D eigenvalue weighted by atomic mass is 10.0. The Kier molecular flexibility index (Phi) is 4.55. The molecule has 6 nitrogen and oxygen atoms in total. The molecule has 0 saturated carbocycles. The Morgan fingerprint density at radius 2 is 2.16 bits per heavy atom. The van der Waals surface area contributed by atoms with E-state index < -0.39 is 27.9 Å². The topological polar surface area (TPSA) is 92.5 Å². The van der Waals surface area contributed by atoms with E-state index in [1.165, 1.54) is 6.07 Å². The summed E-state index contributed by atoms with van der Waals surface area (Å²) < 4.78 is 13.4. The third kappa shape index (κ3) is 3.99. The van der Waals surface area contributed by atoms with Gasteiger partial charge in [0.1, 0.15) is 0 Å². The summed E-state index contributed by atoms with van der Waals surface area (Å²) in [4.78, 5) is 21.4. The Morgan fingerprint density at radius 3 is 2.63 bits per heavy atom. The number of nitrogens with one attached hydrogen (secondary N) is 1. The van der Waals surface area contributed by atoms with Gasteiger partial charge in [-0.2, -0.15) is 4.39 Å². The number of nitro groups is 1. The molecule has 0 aromatic heterocycles. The van der Waals surface area contributed by atoms with Crippen molar-refractivity contribution >= 4 is 11.6 Å². The Bertz CT molecular complexity index is 503. The number of benzene rings is 1. The summed E-state index contributed by atoms with van der Waals surface area (Å²) in [5.74, 6) is -1.61. The lowest BCUT2D eigenvalue weighted by Gasteiger charge is -2.25. The number of carbonyl (C=O) groups excluding carboxylic acids is 1. The van der Waals surface area contributed by atoms with Crippen molar-refractivity contribution < 1.29 is 19.2 Å². The van der Waals surface area contributed by atoms with Gasteiger partial charge >= 0.3 is 5.69 Å². The van der Waals surface area contributed by atoms with Crippen molar-refractivity contribution in [3.63, 3.8) is 0 Å². The van der Waals surface area contributed by atoms with Crippen molar-refractivity contribution in [3.8, 4) is 0 Å². The third-order valence-corrected chi connectivity index (χ3v) is 2.60. The zero-order valence-corrected chi connectivity index (χ0v) is 10.6. The van der Waals surface area contributed by atoms with Gasteiger partial charge in [0.25, 0.3) is 5.91 Å². The van der Waals surface area contributed by atoms with Gasteiger partial charge in [-0.15, -0.1) is 0 Å². The Balaban J connectivity index is 2.90. The molecule has 1 amide bonds. The molecular weight excluding hydrogens is 255 g/mol. The van der Waals surface area contributed by atoms with Crippen LogP contribution in [-0.2, 0) is 0 Å². The van der Waals surface area contributed by atoms with Gasteiger partial charge in [-0.3, -0.25) is 14.9 Å². The standard InChI is InChI=1S/C12H15FN2O4/c1-12(2,5-6-16)14-11(17)8-3-4-10(15(18)19)9(13)7-8/h3-4,7,16H,5-6H2,1-2H3,(H,14,17). The normalized spacial score (nSPS) is 11.2. The van der Waals surface area contributed by atoms with Crippen molar-refractivity contribution in [2.24, 2.45) is 0 Å². The van der Waals surface area contributed by atoms with E-state index >= 15 is 0 Å². The fourth-order valence-electron chi connectivity index (χ4n) is 1.52. The summed E-state index contributed by atoms with van der Waals surface area (Å²) in [5.41, 5.74) is -1.33. The maximum atomic E-state index is 13.4. The van der Waals surface area contributed by atoms with E-state index in [1.807, 2.05) is 0 Å². The summed E-state index contributed by atoms with van der Waals surface area (Å²) in [7, 11) is 0. The van der Waals surface area contributed by atoms with Crippen LogP contribution < -0.4 is 5.32 Å². The Hall–Kier alpha value is -2.02. The number of rotatable bonds is 5. The minimum atomic E-state index is -1.06. The minimum absolute atomic E-state index is 0.00545. The van der Waals surface area contributed by atoms with E-state index in [2.05, 4.69) is 5.32 Å². The lowest BCUT2D eigenvalue weighted by Crippen LogP contribution is -2.44. The van der Waals surface area contributed by atoms with Crippen LogP contribution >= 0.6 is 0 Å². The van der Waals surface area contributed by atoms with Crippen LogP contribution in [0.3, 0.4) is 0 Å². The lowest BCUT2D eigenvalue weighted by molar-refractivity contribution is -0.387. The van der Waals surface area contributed by atoms with Crippen LogP contribution in [0.15, 0.2) is 18.2 Å². The second kappa shape index (κ2) is 5.75. The quantitative estimate of drug-likeness (QED) is 0.628. The highest BCUT2D eigenvalue weighted by Crippen LogP contribution is 2.18. The SMILES string of the molecule is CC(C)(CCO)NC(=O)c1ccc([N+](=O)[O-])c(F)c1. The third-order valence-electron chi connectivity index (χ3n) is 2.60. The number of nitrogens with zero attached hydrogens (tertiary/aromatic N) is 1. The van der Waals surface area contributed by atoms with Gasteiger partial charge in [0.2, 0.25) is 5.82 Å². The van der Waals surface area contributed by atoms with E-state index in [0.29, 0.717) is 6.42 Å². The van der Waals surface area contributed by atoms with Gasteiger partial charge in [-0.1, -0.05) is 0 Å². The number of hydrogen-bond acceptors (Lipinski definition) is 4. The zero-order valence-electron chi connectivity index (χ0n) is 10.6. The number of aliphatic hydroxyl groups excluding tert-OH is 1. The molecule has 0 bridgehead atoms. The number of amides is 1. The molecule has 2 N–H and O–H groups in total. The fourth-order valence-corrected chi connectivity index (χ4v) is 1.52. The first-order valence-electron chi connectivity index (χ1n) is 5.64. The van der Waals surface area contributed by atoms with E-state index in [4.69, 9.17) is 5.11 Å². The molecular formula is C12H15FN2O4. The Morgan fingerprint density at radius 1 is 1.53 bits per heavy atom. The molecule has 0 spiro atoms. The summed E-state index contributed by atoms with van der Waals surface area (Å²) in [6, 6.07) is 2.96. The number of hydrogen-bond donors (Lipinski definition) is 2. The van der Waals surface area contributed by atoms with E-state index in [0.717, 1.165) is 12.1 Å². The van der Waals surface area contributed by atoms with Gasteiger partial charge < -0.3 is 10.4 Å². The first-order valence-corrected chi connectivity index (χ1v) is 5.64. The summed E-state index contributed by atoms with van der Waals surface area (Å²) >= 11 is 0. The largest absolute Gasteiger partial charge is 0.396 e. The minimum Gasteiger partial charge on any atom is -0.396 e. The zero-order chi connectivity index (χ0) is 14.6. The van der Waals surface area contributed by atoms with Crippen molar-refractivity contribution in [1.29, 1.82) is 0 Å². The average Bonchev–Trinajstić information content (AvgIpc) is 2.27. The van der Waals surface area contributed by atoms with Gasteiger partial charge in [-0.05, 0) is 32.4 Å². The number of nitro benzene ring substituents is 1. The highest BCUT2D eigenvalue weighted by Gasteiger charge is 2.22. The highest BCUT2D eigenvalue weighted by atomic mass is 19.1. The van der Waals surface area contributed by atoms with Gasteiger partial charge in [0.15, 0.2) is 0 Å². The van der Waals surface area contributed by atoms with Gasteiger partial charge in [-0.25, -0.2) is 0 Å². The molecule has 0 heterocycles. The fraction of sp³-hybridized carbons (Fsp3) is 0.417. The molecule has 0 fully saturated rings. The molecule has 0 unspecified atom stereocenters. The van der Waals surface area contributed by atoms with Crippen molar-refractivity contribution in [2.45, 2.75) is 25.8 Å². The van der Waals surface area contributed by atoms with Crippen LogP contribution in [0, 0.1) is 15.9 Å². The first-order chi connectivity index (χ1) is 8.76. The number of carbonyl (C=O) groups is 1. The van der Waals surface area contributed by atoms with Crippen molar-refractivity contribution in [3.05, 3.63) is 39.7 Å². The molecule has 1 rings (SSSR count). The monoisotopic (exact) mass is 270 g/mol.